The molecule has 0 aromatic heterocycles. The third-order valence-electron chi connectivity index (χ3n) is 4.02. The molecule has 0 bridgehead atoms. The number of thioether (sulfide) groups is 1. The molecule has 2 unspecified atom stereocenters. The van der Waals surface area contributed by atoms with Crippen LogP contribution in [0.3, 0.4) is 0 Å². The van der Waals surface area contributed by atoms with Gasteiger partial charge in [-0.25, -0.2) is 0 Å². The van der Waals surface area contributed by atoms with Crippen molar-refractivity contribution in [3.8, 4) is 0 Å². The fourth-order valence-electron chi connectivity index (χ4n) is 2.74. The Kier molecular flexibility index (Phi) is 18.5. The third-order valence-corrected chi connectivity index (χ3v) is 7.30. The minimum atomic E-state index is 0. The Morgan fingerprint density at radius 2 is 1.81 bits per heavy atom. The zero-order valence-electron chi connectivity index (χ0n) is 16.9. The van der Waals surface area contributed by atoms with Gasteiger partial charge in [-0.1, -0.05) is 24.8 Å². The summed E-state index contributed by atoms with van der Waals surface area (Å²) in [5.74, 6) is 0. The Morgan fingerprint density at radius 1 is 1.19 bits per heavy atom. The van der Waals surface area contributed by atoms with E-state index in [0.29, 0.717) is 0 Å². The van der Waals surface area contributed by atoms with Gasteiger partial charge in [-0.3, -0.25) is 0 Å². The van der Waals surface area contributed by atoms with Crippen LogP contribution in [0.2, 0.25) is 0 Å². The van der Waals surface area contributed by atoms with Gasteiger partial charge in [0, 0.05) is 0 Å². The van der Waals surface area contributed by atoms with Crippen molar-refractivity contribution in [2.45, 2.75) is 19.5 Å². The molecular weight excluding hydrogens is 505 g/mol. The van der Waals surface area contributed by atoms with Gasteiger partial charge in [0.25, 0.3) is 0 Å². The monoisotopic (exact) mass is 532 g/mol. The van der Waals surface area contributed by atoms with Crippen molar-refractivity contribution in [1.82, 2.24) is 0 Å². The number of allylic oxidation sites excluding steroid dienone is 13. The summed E-state index contributed by atoms with van der Waals surface area (Å²) >= 11 is 3.36. The summed E-state index contributed by atoms with van der Waals surface area (Å²) in [4.78, 5) is 1.33. The molecule has 0 radical (unpaired) electrons. The second-order valence-electron chi connectivity index (χ2n) is 5.48. The first-order valence-electron chi connectivity index (χ1n) is 7.49. The number of hydrogen-bond acceptors (Lipinski definition) is 1. The normalized spacial score (nSPS) is 21.7. The molecule has 0 amide bonds. The molecule has 150 valence electrons. The van der Waals surface area contributed by atoms with Crippen LogP contribution in [0.4, 0.5) is 0 Å². The van der Waals surface area contributed by atoms with Crippen LogP contribution in [0, 0.1) is 27.0 Å². The van der Waals surface area contributed by atoms with Gasteiger partial charge in [-0.05, 0) is 18.6 Å². The Labute approximate surface area is 201 Å². The van der Waals surface area contributed by atoms with Crippen molar-refractivity contribution in [1.29, 1.82) is 0 Å². The van der Waals surface area contributed by atoms with Crippen molar-refractivity contribution >= 4 is 51.4 Å². The van der Waals surface area contributed by atoms with E-state index in [2.05, 4.69) is 69.3 Å². The van der Waals surface area contributed by atoms with Gasteiger partial charge >= 0.3 is 30.2 Å². The Balaban J connectivity index is -0.000000345. The zero-order valence-corrected chi connectivity index (χ0v) is 24.1. The summed E-state index contributed by atoms with van der Waals surface area (Å²) in [6.45, 7) is 8.73. The standard InChI is InChI=1S/C10H12P.C9H7S.2CH3.2ClH.H2Si.Zr/c1-7-4-9-6-8(2)11(3)10(9)5-7;1-10-9-6-5-7-3-2-4-8(7)9;;;;;;/h5-6,8H,1-3H3;2-3,5-6H,1H3;2*1H3;2*1H;1H2;/q4*-1;;;;. The Hall–Kier alpha value is 0.640. The molecule has 27 heavy (non-hydrogen) atoms. The molecule has 3 aliphatic carbocycles. The number of halogens is 2. The minimum absolute atomic E-state index is 0. The molecule has 0 saturated heterocycles. The summed E-state index contributed by atoms with van der Waals surface area (Å²) in [6.07, 6.45) is 21.7. The first kappa shape index (κ1) is 32.3. The molecule has 0 nitrogen and oxygen atoms in total. The van der Waals surface area contributed by atoms with Crippen LogP contribution >= 0.6 is 44.5 Å². The van der Waals surface area contributed by atoms with Crippen LogP contribution in [0.5, 0.6) is 0 Å². The van der Waals surface area contributed by atoms with Crippen LogP contribution < -0.4 is 0 Å². The topological polar surface area (TPSA) is 0 Å². The molecule has 0 aromatic carbocycles. The Morgan fingerprint density at radius 3 is 2.37 bits per heavy atom. The van der Waals surface area contributed by atoms with Crippen molar-refractivity contribution in [2.24, 2.45) is 0 Å². The van der Waals surface area contributed by atoms with Crippen LogP contribution in [-0.2, 0) is 23.3 Å². The predicted molar refractivity (Wildman–Crippen MR) is 132 cm³/mol. The van der Waals surface area contributed by atoms with Gasteiger partial charge in [-0.15, -0.1) is 73.0 Å². The summed E-state index contributed by atoms with van der Waals surface area (Å²) in [5, 5.41) is 1.56. The average Bonchev–Trinajstić information content (AvgIpc) is 3.27. The molecule has 0 spiro atoms. The van der Waals surface area contributed by atoms with Gasteiger partial charge < -0.3 is 14.9 Å². The van der Waals surface area contributed by atoms with E-state index in [0.717, 1.165) is 5.66 Å². The fourth-order valence-corrected chi connectivity index (χ4v) is 5.04. The molecule has 2 atom stereocenters. The van der Waals surface area contributed by atoms with E-state index in [9.17, 15) is 0 Å². The van der Waals surface area contributed by atoms with Crippen LogP contribution in [0.1, 0.15) is 13.8 Å². The van der Waals surface area contributed by atoms with Crippen LogP contribution in [0.15, 0.2) is 69.0 Å². The summed E-state index contributed by atoms with van der Waals surface area (Å²) in [7, 11) is 0.0919. The number of hydrogen-bond donors (Lipinski definition) is 0. The van der Waals surface area contributed by atoms with E-state index in [1.165, 1.54) is 27.2 Å². The number of rotatable bonds is 1. The zero-order chi connectivity index (χ0) is 17.0. The summed E-state index contributed by atoms with van der Waals surface area (Å²) in [5.41, 5.74) is 6.03. The maximum atomic E-state index is 3.38. The van der Waals surface area contributed by atoms with Crippen LogP contribution in [0.25, 0.3) is 0 Å². The van der Waals surface area contributed by atoms with Crippen molar-refractivity contribution < 1.29 is 23.3 Å². The first-order chi connectivity index (χ1) is 11.1. The van der Waals surface area contributed by atoms with Gasteiger partial charge in [0.15, 0.2) is 0 Å². The second kappa shape index (κ2) is 15.5. The van der Waals surface area contributed by atoms with E-state index < -0.39 is 0 Å². The maximum absolute atomic E-state index is 3.38. The second-order valence-corrected chi connectivity index (χ2v) is 8.85. The molecule has 0 N–H and O–H groups in total. The van der Waals surface area contributed by atoms with Crippen LogP contribution in [-0.4, -0.2) is 25.5 Å². The van der Waals surface area contributed by atoms with E-state index in [4.69, 9.17) is 0 Å². The van der Waals surface area contributed by atoms with E-state index >= 15 is 0 Å². The molecule has 0 saturated carbocycles. The fraction of sp³-hybridized carbons (Fsp3) is 0.238. The van der Waals surface area contributed by atoms with Gasteiger partial charge in [-0.2, -0.15) is 41.6 Å². The molecule has 1 heterocycles. The van der Waals surface area contributed by atoms with Gasteiger partial charge in [0.05, 0.1) is 0 Å². The van der Waals surface area contributed by atoms with Gasteiger partial charge in [0.2, 0.25) is 0 Å². The molecule has 6 heteroatoms. The summed E-state index contributed by atoms with van der Waals surface area (Å²) in [6, 6.07) is 0. The molecular formula is C21H29Cl2PSSiZr-4. The SMILES string of the molecule is CC1=[C-]C2=CC(C)P(C)C2=C1.CSC1=C2[C-]=CC=C2C=C1.Cl.Cl.[CH3-].[CH3-].[SiH2]=[Zr]. The Bertz CT molecular complexity index is 718. The average molecular weight is 535 g/mol. The van der Waals surface area contributed by atoms with Gasteiger partial charge in [0.1, 0.15) is 0 Å². The molecule has 4 aliphatic rings. The van der Waals surface area contributed by atoms with E-state index in [1.54, 1.807) is 40.4 Å². The first-order valence-corrected chi connectivity index (χ1v) is 16.5. The summed E-state index contributed by atoms with van der Waals surface area (Å²) < 4.78 is 0. The molecule has 4 rings (SSSR count). The molecule has 0 aromatic rings. The quantitative estimate of drug-likeness (QED) is 0.214. The molecule has 0 fully saturated rings. The van der Waals surface area contributed by atoms with Crippen molar-refractivity contribution in [2.75, 3.05) is 12.9 Å². The third kappa shape index (κ3) is 7.76. The van der Waals surface area contributed by atoms with Crippen molar-refractivity contribution in [3.63, 3.8) is 0 Å². The van der Waals surface area contributed by atoms with Crippen molar-refractivity contribution in [3.05, 3.63) is 96.0 Å². The molecule has 1 aliphatic heterocycles. The number of fused-ring (bicyclic) bond motifs is 2. The van der Waals surface area contributed by atoms with E-state index in [-0.39, 0.29) is 47.6 Å². The van der Waals surface area contributed by atoms with E-state index in [1.807, 2.05) is 13.0 Å². The predicted octanol–water partition coefficient (Wildman–Crippen LogP) is 6.37.